The quantitative estimate of drug-likeness (QED) is 0.430. The lowest BCUT2D eigenvalue weighted by Crippen LogP contribution is -2.41. The van der Waals surface area contributed by atoms with Gasteiger partial charge in [0.2, 0.25) is 6.54 Å². The molecule has 1 aliphatic heterocycles. The second-order valence-corrected chi connectivity index (χ2v) is 8.88. The molecule has 0 saturated heterocycles. The molecule has 3 aromatic carbocycles. The molecule has 5 heteroatoms. The van der Waals surface area contributed by atoms with Crippen molar-refractivity contribution in [1.82, 2.24) is 0 Å². The summed E-state index contributed by atoms with van der Waals surface area (Å²) in [5, 5.41) is 25.1. The predicted molar refractivity (Wildman–Crippen MR) is 124 cm³/mol. The summed E-state index contributed by atoms with van der Waals surface area (Å²) in [5.41, 5.74) is 4.95. The number of hydrogen-bond acceptors (Lipinski definition) is 4. The number of nitrogens with zero attached hydrogens (tertiary/aromatic N) is 2. The predicted octanol–water partition coefficient (Wildman–Crippen LogP) is 5.57. The Kier molecular flexibility index (Phi) is 5.36. The Morgan fingerprint density at radius 2 is 1.72 bits per heavy atom. The van der Waals surface area contributed by atoms with Gasteiger partial charge in [-0.1, -0.05) is 72.8 Å². The van der Waals surface area contributed by atoms with E-state index < -0.39 is 0 Å². The van der Waals surface area contributed by atoms with Crippen LogP contribution in [0.2, 0.25) is 0 Å². The number of nitriles is 1. The zero-order chi connectivity index (χ0) is 22.1. The van der Waals surface area contributed by atoms with Gasteiger partial charge in [0, 0.05) is 16.9 Å². The summed E-state index contributed by atoms with van der Waals surface area (Å²) in [6.45, 7) is -0.0810. The van der Waals surface area contributed by atoms with E-state index in [1.807, 2.05) is 48.5 Å². The molecule has 0 spiro atoms. The van der Waals surface area contributed by atoms with Crippen LogP contribution in [-0.2, 0) is 0 Å². The molecule has 1 aliphatic carbocycles. The van der Waals surface area contributed by atoms with Crippen LogP contribution in [0.1, 0.15) is 46.9 Å². The summed E-state index contributed by atoms with van der Waals surface area (Å²) in [7, 11) is 0. The second kappa shape index (κ2) is 8.47. The molecule has 1 fully saturated rings. The van der Waals surface area contributed by atoms with Crippen molar-refractivity contribution < 1.29 is 4.92 Å². The number of nitro groups is 1. The van der Waals surface area contributed by atoms with Crippen molar-refractivity contribution in [1.29, 1.82) is 5.26 Å². The fourth-order valence-corrected chi connectivity index (χ4v) is 6.02. The molecule has 0 amide bonds. The molecule has 32 heavy (non-hydrogen) atoms. The summed E-state index contributed by atoms with van der Waals surface area (Å²) in [4.78, 5) is 11.4. The summed E-state index contributed by atoms with van der Waals surface area (Å²) in [6.07, 6.45) is 1.92. The van der Waals surface area contributed by atoms with Crippen LogP contribution in [0.25, 0.3) is 0 Å². The third-order valence-electron chi connectivity index (χ3n) is 7.30. The highest BCUT2D eigenvalue weighted by atomic mass is 16.6. The molecule has 0 unspecified atom stereocenters. The molecular formula is C27H25N3O2. The SMILES string of the molecule is N#Cc1cccc2c1N[C@H]1[C@@H](CC[C@@H]1[C@H](C[N+](=O)[O-])c1ccccc1)[C@@H]2c1ccccc1. The average molecular weight is 424 g/mol. The van der Waals surface area contributed by atoms with Crippen molar-refractivity contribution in [3.63, 3.8) is 0 Å². The van der Waals surface area contributed by atoms with Crippen LogP contribution < -0.4 is 5.32 Å². The van der Waals surface area contributed by atoms with Gasteiger partial charge in [0.1, 0.15) is 6.07 Å². The van der Waals surface area contributed by atoms with E-state index in [9.17, 15) is 15.4 Å². The first kappa shape index (κ1) is 20.3. The summed E-state index contributed by atoms with van der Waals surface area (Å²) >= 11 is 0. The Morgan fingerprint density at radius 1 is 1.00 bits per heavy atom. The molecule has 1 heterocycles. The van der Waals surface area contributed by atoms with Crippen molar-refractivity contribution >= 4 is 5.69 Å². The van der Waals surface area contributed by atoms with Gasteiger partial charge in [0.15, 0.2) is 0 Å². The maximum Gasteiger partial charge on any atom is 0.211 e. The van der Waals surface area contributed by atoms with Gasteiger partial charge >= 0.3 is 0 Å². The van der Waals surface area contributed by atoms with Crippen LogP contribution in [0.15, 0.2) is 78.9 Å². The van der Waals surface area contributed by atoms with Crippen molar-refractivity contribution in [3.8, 4) is 6.07 Å². The Labute approximate surface area is 187 Å². The van der Waals surface area contributed by atoms with Crippen LogP contribution in [-0.4, -0.2) is 17.5 Å². The van der Waals surface area contributed by atoms with Crippen LogP contribution in [0.3, 0.4) is 0 Å². The lowest BCUT2D eigenvalue weighted by atomic mass is 9.71. The lowest BCUT2D eigenvalue weighted by molar-refractivity contribution is -0.485. The molecule has 3 aromatic rings. The first-order chi connectivity index (χ1) is 15.7. The molecule has 5 rings (SSSR count). The van der Waals surface area contributed by atoms with Crippen molar-refractivity contribution in [2.24, 2.45) is 11.8 Å². The van der Waals surface area contributed by atoms with Crippen molar-refractivity contribution in [2.75, 3.05) is 11.9 Å². The normalized spacial score (nSPS) is 24.5. The fraction of sp³-hybridized carbons (Fsp3) is 0.296. The minimum absolute atomic E-state index is 0.0763. The molecule has 1 N–H and O–H groups in total. The van der Waals surface area contributed by atoms with E-state index in [-0.39, 0.29) is 35.3 Å². The third kappa shape index (κ3) is 3.52. The smallest absolute Gasteiger partial charge is 0.211 e. The highest BCUT2D eigenvalue weighted by Gasteiger charge is 2.49. The number of rotatable bonds is 5. The summed E-state index contributed by atoms with van der Waals surface area (Å²) in [5.74, 6) is 0.449. The molecule has 1 saturated carbocycles. The molecule has 160 valence electrons. The molecule has 0 radical (unpaired) electrons. The Morgan fingerprint density at radius 3 is 2.41 bits per heavy atom. The van der Waals surface area contributed by atoms with E-state index in [0.717, 1.165) is 29.7 Å². The molecule has 5 atom stereocenters. The zero-order valence-corrected chi connectivity index (χ0v) is 17.7. The summed E-state index contributed by atoms with van der Waals surface area (Å²) < 4.78 is 0. The van der Waals surface area contributed by atoms with E-state index in [0.29, 0.717) is 11.5 Å². The molecule has 5 nitrogen and oxygen atoms in total. The maximum atomic E-state index is 11.6. The maximum absolute atomic E-state index is 11.6. The largest absolute Gasteiger partial charge is 0.380 e. The first-order valence-corrected chi connectivity index (χ1v) is 11.2. The zero-order valence-electron chi connectivity index (χ0n) is 17.7. The van der Waals surface area contributed by atoms with E-state index in [1.54, 1.807) is 0 Å². The van der Waals surface area contributed by atoms with E-state index in [2.05, 4.69) is 41.7 Å². The minimum atomic E-state index is -0.183. The number of nitrogens with one attached hydrogen (secondary N) is 1. The Balaban J connectivity index is 1.60. The second-order valence-electron chi connectivity index (χ2n) is 8.88. The first-order valence-electron chi connectivity index (χ1n) is 11.2. The minimum Gasteiger partial charge on any atom is -0.380 e. The Bertz CT molecular complexity index is 1160. The highest BCUT2D eigenvalue weighted by Crippen LogP contribution is 2.54. The van der Waals surface area contributed by atoms with Gasteiger partial charge in [-0.15, -0.1) is 0 Å². The number of anilines is 1. The van der Waals surface area contributed by atoms with Gasteiger partial charge in [-0.2, -0.15) is 5.26 Å². The molecule has 2 aliphatic rings. The van der Waals surface area contributed by atoms with Gasteiger partial charge < -0.3 is 5.32 Å². The van der Waals surface area contributed by atoms with E-state index in [1.165, 1.54) is 5.56 Å². The average Bonchev–Trinajstić information content (AvgIpc) is 3.25. The van der Waals surface area contributed by atoms with E-state index >= 15 is 0 Å². The topological polar surface area (TPSA) is 79.0 Å². The number of benzene rings is 3. The summed E-state index contributed by atoms with van der Waals surface area (Å²) in [6, 6.07) is 28.7. The van der Waals surface area contributed by atoms with E-state index in [4.69, 9.17) is 0 Å². The van der Waals surface area contributed by atoms with Crippen molar-refractivity contribution in [3.05, 3.63) is 111 Å². The monoisotopic (exact) mass is 423 g/mol. The van der Waals surface area contributed by atoms with Gasteiger partial charge in [-0.25, -0.2) is 0 Å². The van der Waals surface area contributed by atoms with Crippen molar-refractivity contribution in [2.45, 2.75) is 30.7 Å². The van der Waals surface area contributed by atoms with Crippen LogP contribution >= 0.6 is 0 Å². The van der Waals surface area contributed by atoms with Gasteiger partial charge in [-0.3, -0.25) is 10.1 Å². The Hall–Kier alpha value is -3.65. The fourth-order valence-electron chi connectivity index (χ4n) is 6.02. The van der Waals surface area contributed by atoms with Gasteiger partial charge in [0.25, 0.3) is 0 Å². The standard InChI is InChI=1S/C27H25N3O2/c28-16-20-12-7-13-22-25(19-10-5-2-6-11-19)23-15-14-21(27(23)29-26(20)22)24(17-30(31)32)18-8-3-1-4-9-18/h1-13,21,23-25,27,29H,14-15,17H2/t21-,23+,24-,25-,27-/m1/s1. The molecular weight excluding hydrogens is 398 g/mol. The molecule has 0 aromatic heterocycles. The lowest BCUT2D eigenvalue weighted by Gasteiger charge is -2.41. The van der Waals surface area contributed by atoms with Crippen LogP contribution in [0.5, 0.6) is 0 Å². The number of para-hydroxylation sites is 1. The van der Waals surface area contributed by atoms with Crippen LogP contribution in [0, 0.1) is 33.3 Å². The highest BCUT2D eigenvalue weighted by molar-refractivity contribution is 5.68. The molecule has 0 bridgehead atoms. The van der Waals surface area contributed by atoms with Gasteiger partial charge in [0.05, 0.1) is 17.2 Å². The third-order valence-corrected chi connectivity index (χ3v) is 7.30. The van der Waals surface area contributed by atoms with Gasteiger partial charge in [-0.05, 0) is 47.4 Å². The van der Waals surface area contributed by atoms with Crippen LogP contribution in [0.4, 0.5) is 5.69 Å². The number of hydrogen-bond donors (Lipinski definition) is 1. The number of fused-ring (bicyclic) bond motifs is 2.